The molecule has 2 heterocycles. The van der Waals surface area contributed by atoms with Gasteiger partial charge < -0.3 is 15.4 Å². The molecule has 3 N–H and O–H groups in total. The number of fused-ring (bicyclic) bond motifs is 1. The Balaban J connectivity index is 1.86. The van der Waals surface area contributed by atoms with Gasteiger partial charge in [-0.05, 0) is 31.5 Å². The van der Waals surface area contributed by atoms with E-state index < -0.39 is 0 Å². The van der Waals surface area contributed by atoms with Crippen LogP contribution in [0.3, 0.4) is 0 Å². The zero-order valence-electron chi connectivity index (χ0n) is 12.6. The number of nitrogens with zero attached hydrogens (tertiary/aromatic N) is 2. The van der Waals surface area contributed by atoms with Crippen LogP contribution in [0.1, 0.15) is 24.8 Å². The lowest BCUT2D eigenvalue weighted by atomic mass is 9.98. The highest BCUT2D eigenvalue weighted by molar-refractivity contribution is 6.00. The number of hydrogen-bond donors (Lipinski definition) is 2. The van der Waals surface area contributed by atoms with Crippen LogP contribution in [0.25, 0.3) is 0 Å². The van der Waals surface area contributed by atoms with Crippen LogP contribution in [0.4, 0.5) is 5.69 Å². The van der Waals surface area contributed by atoms with Crippen LogP contribution < -0.4 is 15.4 Å². The number of nitrogens with two attached hydrogens (primary N) is 1. The van der Waals surface area contributed by atoms with E-state index in [0.29, 0.717) is 6.04 Å². The van der Waals surface area contributed by atoms with E-state index in [-0.39, 0.29) is 5.84 Å². The first-order valence-corrected chi connectivity index (χ1v) is 7.70. The van der Waals surface area contributed by atoms with Crippen molar-refractivity contribution in [3.05, 3.63) is 23.8 Å². The number of nitrogens with one attached hydrogen (secondary N) is 1. The Hall–Kier alpha value is -1.75. The third-order valence-corrected chi connectivity index (χ3v) is 4.67. The van der Waals surface area contributed by atoms with E-state index >= 15 is 0 Å². The van der Waals surface area contributed by atoms with Gasteiger partial charge in [-0.1, -0.05) is 6.42 Å². The van der Waals surface area contributed by atoms with Gasteiger partial charge in [0.2, 0.25) is 0 Å². The molecule has 2 aliphatic rings. The van der Waals surface area contributed by atoms with E-state index in [1.54, 1.807) is 7.11 Å². The fraction of sp³-hybridized carbons (Fsp3) is 0.562. The van der Waals surface area contributed by atoms with Gasteiger partial charge >= 0.3 is 0 Å². The van der Waals surface area contributed by atoms with E-state index in [2.05, 4.69) is 9.80 Å². The summed E-state index contributed by atoms with van der Waals surface area (Å²) in [5.41, 5.74) is 7.59. The molecular formula is C16H24N4O. The maximum absolute atomic E-state index is 7.80. The van der Waals surface area contributed by atoms with Gasteiger partial charge in [-0.15, -0.1) is 0 Å². The van der Waals surface area contributed by atoms with E-state index in [1.807, 2.05) is 18.2 Å². The highest BCUT2D eigenvalue weighted by Crippen LogP contribution is 2.30. The smallest absolute Gasteiger partial charge is 0.124 e. The molecule has 0 aromatic heterocycles. The summed E-state index contributed by atoms with van der Waals surface area (Å²) >= 11 is 0. The van der Waals surface area contributed by atoms with Crippen molar-refractivity contribution in [2.24, 2.45) is 5.73 Å². The van der Waals surface area contributed by atoms with E-state index in [9.17, 15) is 0 Å². The maximum atomic E-state index is 7.80. The molecule has 0 radical (unpaired) electrons. The van der Waals surface area contributed by atoms with Crippen molar-refractivity contribution in [1.82, 2.24) is 4.90 Å². The Morgan fingerprint density at radius 3 is 2.90 bits per heavy atom. The molecule has 2 fully saturated rings. The second-order valence-electron chi connectivity index (χ2n) is 5.93. The molecule has 21 heavy (non-hydrogen) atoms. The molecule has 1 aromatic carbocycles. The van der Waals surface area contributed by atoms with Gasteiger partial charge in [0.1, 0.15) is 11.6 Å². The molecule has 114 valence electrons. The normalized spacial score (nSPS) is 22.7. The number of piperazine rings is 1. The third kappa shape index (κ3) is 2.83. The van der Waals surface area contributed by atoms with Gasteiger partial charge in [0, 0.05) is 37.3 Å². The summed E-state index contributed by atoms with van der Waals surface area (Å²) in [5, 5.41) is 7.80. The van der Waals surface area contributed by atoms with Crippen molar-refractivity contribution in [3.63, 3.8) is 0 Å². The Morgan fingerprint density at radius 2 is 2.14 bits per heavy atom. The highest BCUT2D eigenvalue weighted by atomic mass is 16.5. The fourth-order valence-corrected chi connectivity index (χ4v) is 3.50. The molecular weight excluding hydrogens is 264 g/mol. The molecule has 0 amide bonds. The maximum Gasteiger partial charge on any atom is 0.124 e. The van der Waals surface area contributed by atoms with Gasteiger partial charge in [-0.3, -0.25) is 10.3 Å². The molecule has 1 unspecified atom stereocenters. The Bertz CT molecular complexity index is 531. The Labute approximate surface area is 126 Å². The Morgan fingerprint density at radius 1 is 1.29 bits per heavy atom. The largest absolute Gasteiger partial charge is 0.497 e. The minimum Gasteiger partial charge on any atom is -0.497 e. The van der Waals surface area contributed by atoms with Crippen molar-refractivity contribution in [1.29, 1.82) is 5.41 Å². The summed E-state index contributed by atoms with van der Waals surface area (Å²) in [6.07, 6.45) is 3.93. The van der Waals surface area contributed by atoms with Crippen LogP contribution in [0.2, 0.25) is 0 Å². The molecule has 2 saturated heterocycles. The van der Waals surface area contributed by atoms with E-state index in [4.69, 9.17) is 15.9 Å². The first-order valence-electron chi connectivity index (χ1n) is 7.70. The monoisotopic (exact) mass is 288 g/mol. The average Bonchev–Trinajstić information content (AvgIpc) is 2.53. The van der Waals surface area contributed by atoms with Crippen molar-refractivity contribution in [3.8, 4) is 5.75 Å². The SMILES string of the molecule is COc1ccc(C(=N)N)c(N2CCN3CCCCC3C2)c1. The zero-order chi connectivity index (χ0) is 14.8. The molecule has 3 rings (SSSR count). The third-order valence-electron chi connectivity index (χ3n) is 4.67. The summed E-state index contributed by atoms with van der Waals surface area (Å²) < 4.78 is 5.34. The molecule has 2 aliphatic heterocycles. The number of rotatable bonds is 3. The van der Waals surface area contributed by atoms with Gasteiger partial charge in [0.05, 0.1) is 12.8 Å². The lowest BCUT2D eigenvalue weighted by molar-refractivity contribution is 0.133. The number of anilines is 1. The lowest BCUT2D eigenvalue weighted by Crippen LogP contribution is -2.55. The second kappa shape index (κ2) is 5.93. The van der Waals surface area contributed by atoms with Gasteiger partial charge in [0.15, 0.2) is 0 Å². The van der Waals surface area contributed by atoms with Crippen LogP contribution in [0.15, 0.2) is 18.2 Å². The second-order valence-corrected chi connectivity index (χ2v) is 5.93. The van der Waals surface area contributed by atoms with Crippen molar-refractivity contribution in [2.75, 3.05) is 38.2 Å². The number of nitrogen functional groups attached to an aromatic ring is 1. The first-order chi connectivity index (χ1) is 10.2. The summed E-state index contributed by atoms with van der Waals surface area (Å²) in [4.78, 5) is 4.97. The quantitative estimate of drug-likeness (QED) is 0.656. The van der Waals surface area contributed by atoms with Crippen LogP contribution in [0.5, 0.6) is 5.75 Å². The number of methoxy groups -OCH3 is 1. The zero-order valence-corrected chi connectivity index (χ0v) is 12.6. The number of hydrogen-bond acceptors (Lipinski definition) is 4. The minimum absolute atomic E-state index is 0.124. The van der Waals surface area contributed by atoms with Gasteiger partial charge in [-0.2, -0.15) is 0 Å². The van der Waals surface area contributed by atoms with Crippen molar-refractivity contribution < 1.29 is 4.74 Å². The lowest BCUT2D eigenvalue weighted by Gasteiger charge is -2.45. The molecule has 0 bridgehead atoms. The topological polar surface area (TPSA) is 65.6 Å². The molecule has 5 heteroatoms. The molecule has 1 aromatic rings. The molecule has 0 saturated carbocycles. The van der Waals surface area contributed by atoms with Crippen LogP contribution in [0, 0.1) is 5.41 Å². The molecule has 0 aliphatic carbocycles. The minimum atomic E-state index is 0.124. The molecule has 0 spiro atoms. The van der Waals surface area contributed by atoms with Crippen LogP contribution >= 0.6 is 0 Å². The van der Waals surface area contributed by atoms with Crippen LogP contribution in [-0.4, -0.2) is 50.1 Å². The average molecular weight is 288 g/mol. The number of amidine groups is 1. The molecule has 5 nitrogen and oxygen atoms in total. The molecule has 1 atom stereocenters. The summed E-state index contributed by atoms with van der Waals surface area (Å²) in [7, 11) is 1.67. The van der Waals surface area contributed by atoms with Gasteiger partial charge in [-0.25, -0.2) is 0 Å². The van der Waals surface area contributed by atoms with Crippen molar-refractivity contribution >= 4 is 11.5 Å². The standard InChI is InChI=1S/C16H24N4O/c1-21-13-5-6-14(16(17)18)15(10-13)20-9-8-19-7-3-2-4-12(19)11-20/h5-6,10,12H,2-4,7-9,11H2,1H3,(H3,17,18). The fourth-order valence-electron chi connectivity index (χ4n) is 3.50. The predicted octanol–water partition coefficient (Wildman–Crippen LogP) is 1.65. The summed E-state index contributed by atoms with van der Waals surface area (Å²) in [5.74, 6) is 0.944. The Kier molecular flexibility index (Phi) is 4.01. The van der Waals surface area contributed by atoms with E-state index in [1.165, 1.54) is 25.8 Å². The predicted molar refractivity (Wildman–Crippen MR) is 85.4 cm³/mol. The number of piperidine rings is 1. The summed E-state index contributed by atoms with van der Waals surface area (Å²) in [6, 6.07) is 6.41. The first kappa shape index (κ1) is 14.2. The van der Waals surface area contributed by atoms with Crippen molar-refractivity contribution in [2.45, 2.75) is 25.3 Å². The van der Waals surface area contributed by atoms with Gasteiger partial charge in [0.25, 0.3) is 0 Å². The highest BCUT2D eigenvalue weighted by Gasteiger charge is 2.30. The van der Waals surface area contributed by atoms with E-state index in [0.717, 1.165) is 36.6 Å². The van der Waals surface area contributed by atoms with Crippen LogP contribution in [-0.2, 0) is 0 Å². The number of ether oxygens (including phenoxy) is 1. The number of benzene rings is 1. The summed E-state index contributed by atoms with van der Waals surface area (Å²) in [6.45, 7) is 4.34.